The van der Waals surface area contributed by atoms with Gasteiger partial charge in [-0.2, -0.15) is 0 Å². The number of anilines is 1. The van der Waals surface area contributed by atoms with Gasteiger partial charge in [0.15, 0.2) is 0 Å². The molecular weight excluding hydrogens is 315 g/mol. The Morgan fingerprint density at radius 3 is 2.50 bits per heavy atom. The summed E-state index contributed by atoms with van der Waals surface area (Å²) in [6, 6.07) is 11.2. The lowest BCUT2D eigenvalue weighted by Gasteiger charge is -2.09. The van der Waals surface area contributed by atoms with E-state index >= 15 is 0 Å². The Morgan fingerprint density at radius 2 is 1.75 bits per heavy atom. The molecule has 1 heterocycles. The van der Waals surface area contributed by atoms with Gasteiger partial charge < -0.3 is 10.3 Å². The summed E-state index contributed by atoms with van der Waals surface area (Å²) in [6.07, 6.45) is 1.96. The lowest BCUT2D eigenvalue weighted by Crippen LogP contribution is -1.99. The molecule has 3 rings (SSSR count). The summed E-state index contributed by atoms with van der Waals surface area (Å²) in [7, 11) is 0. The number of rotatable bonds is 3. The summed E-state index contributed by atoms with van der Waals surface area (Å²) in [4.78, 5) is 3.20. The summed E-state index contributed by atoms with van der Waals surface area (Å²) in [5.41, 5.74) is 2.89. The zero-order valence-corrected chi connectivity index (χ0v) is 12.7. The average Bonchev–Trinajstić information content (AvgIpc) is 2.80. The van der Waals surface area contributed by atoms with Gasteiger partial charge in [-0.25, -0.2) is 0 Å². The maximum atomic E-state index is 6.14. The summed E-state index contributed by atoms with van der Waals surface area (Å²) in [6.45, 7) is 0.630. The second-order valence-corrected chi connectivity index (χ2v) is 5.70. The van der Waals surface area contributed by atoms with Gasteiger partial charge in [-0.15, -0.1) is 0 Å². The standard InChI is InChI=1S/C15H11Cl3N2/c16-10-4-5-11-9(7-19-14(11)6-10)8-20-15-12(17)2-1-3-13(15)18/h1-7,19-20H,8H2. The monoisotopic (exact) mass is 324 g/mol. The van der Waals surface area contributed by atoms with E-state index in [2.05, 4.69) is 10.3 Å². The highest BCUT2D eigenvalue weighted by atomic mass is 35.5. The van der Waals surface area contributed by atoms with Crippen molar-refractivity contribution < 1.29 is 0 Å². The van der Waals surface area contributed by atoms with E-state index in [-0.39, 0.29) is 0 Å². The van der Waals surface area contributed by atoms with Crippen LogP contribution < -0.4 is 5.32 Å². The molecule has 0 aliphatic carbocycles. The molecule has 1 aromatic heterocycles. The Bertz CT molecular complexity index is 745. The molecular formula is C15H11Cl3N2. The van der Waals surface area contributed by atoms with Crippen molar-refractivity contribution in [3.63, 3.8) is 0 Å². The molecule has 0 amide bonds. The topological polar surface area (TPSA) is 27.8 Å². The van der Waals surface area contributed by atoms with Crippen LogP contribution in [-0.2, 0) is 6.54 Å². The van der Waals surface area contributed by atoms with Crippen molar-refractivity contribution in [1.82, 2.24) is 4.98 Å². The van der Waals surface area contributed by atoms with E-state index in [9.17, 15) is 0 Å². The Balaban J connectivity index is 1.87. The quantitative estimate of drug-likeness (QED) is 0.631. The minimum Gasteiger partial charge on any atom is -0.378 e. The van der Waals surface area contributed by atoms with Gasteiger partial charge in [0, 0.05) is 28.7 Å². The summed E-state index contributed by atoms with van der Waals surface area (Å²) in [5.74, 6) is 0. The predicted molar refractivity (Wildman–Crippen MR) is 87.1 cm³/mol. The lowest BCUT2D eigenvalue weighted by molar-refractivity contribution is 1.16. The predicted octanol–water partition coefficient (Wildman–Crippen LogP) is 5.74. The van der Waals surface area contributed by atoms with Crippen LogP contribution in [0.15, 0.2) is 42.6 Å². The van der Waals surface area contributed by atoms with Crippen molar-refractivity contribution in [2.75, 3.05) is 5.32 Å². The maximum Gasteiger partial charge on any atom is 0.0721 e. The van der Waals surface area contributed by atoms with Crippen LogP contribution in [0.3, 0.4) is 0 Å². The van der Waals surface area contributed by atoms with E-state index in [0.717, 1.165) is 22.2 Å². The number of hydrogen-bond acceptors (Lipinski definition) is 1. The number of nitrogens with one attached hydrogen (secondary N) is 2. The average molecular weight is 326 g/mol. The molecule has 0 unspecified atom stereocenters. The molecule has 2 nitrogen and oxygen atoms in total. The van der Waals surface area contributed by atoms with Crippen LogP contribution in [0.2, 0.25) is 15.1 Å². The van der Waals surface area contributed by atoms with Gasteiger partial charge in [-0.1, -0.05) is 46.9 Å². The van der Waals surface area contributed by atoms with Crippen LogP contribution >= 0.6 is 34.8 Å². The maximum absolute atomic E-state index is 6.14. The fraction of sp³-hybridized carbons (Fsp3) is 0.0667. The van der Waals surface area contributed by atoms with Crippen LogP contribution in [0.4, 0.5) is 5.69 Å². The molecule has 3 aromatic rings. The van der Waals surface area contributed by atoms with Crippen molar-refractivity contribution in [2.24, 2.45) is 0 Å². The molecule has 0 saturated carbocycles. The molecule has 2 aromatic carbocycles. The number of aromatic nitrogens is 1. The van der Waals surface area contributed by atoms with Gasteiger partial charge in [0.1, 0.15) is 0 Å². The zero-order chi connectivity index (χ0) is 14.1. The van der Waals surface area contributed by atoms with Crippen molar-refractivity contribution in [3.05, 3.63) is 63.2 Å². The molecule has 102 valence electrons. The SMILES string of the molecule is Clc1ccc2c(CNc3c(Cl)cccc3Cl)c[nH]c2c1. The third-order valence-electron chi connectivity index (χ3n) is 3.15. The first-order chi connectivity index (χ1) is 9.65. The number of H-pyrrole nitrogens is 1. The van der Waals surface area contributed by atoms with E-state index in [1.807, 2.05) is 42.6 Å². The second-order valence-electron chi connectivity index (χ2n) is 4.45. The number of hydrogen-bond donors (Lipinski definition) is 2. The summed E-state index contributed by atoms with van der Waals surface area (Å²) in [5, 5.41) is 6.34. The highest BCUT2D eigenvalue weighted by Gasteiger charge is 2.07. The van der Waals surface area contributed by atoms with Crippen LogP contribution in [0.5, 0.6) is 0 Å². The first kappa shape index (κ1) is 13.6. The molecule has 0 fully saturated rings. The molecule has 2 N–H and O–H groups in total. The van der Waals surface area contributed by atoms with E-state index in [1.54, 1.807) is 0 Å². The minimum absolute atomic E-state index is 0.611. The van der Waals surface area contributed by atoms with Gasteiger partial charge in [-0.05, 0) is 29.8 Å². The van der Waals surface area contributed by atoms with Crippen molar-refractivity contribution in [3.8, 4) is 0 Å². The van der Waals surface area contributed by atoms with Gasteiger partial charge in [0.25, 0.3) is 0 Å². The van der Waals surface area contributed by atoms with Gasteiger partial charge >= 0.3 is 0 Å². The third-order valence-corrected chi connectivity index (χ3v) is 4.01. The van der Waals surface area contributed by atoms with E-state index in [0.29, 0.717) is 21.6 Å². The van der Waals surface area contributed by atoms with Crippen molar-refractivity contribution in [2.45, 2.75) is 6.54 Å². The molecule has 20 heavy (non-hydrogen) atoms. The number of halogens is 3. The number of para-hydroxylation sites is 1. The van der Waals surface area contributed by atoms with Crippen LogP contribution in [0.1, 0.15) is 5.56 Å². The minimum atomic E-state index is 0.611. The summed E-state index contributed by atoms with van der Waals surface area (Å²) >= 11 is 18.2. The van der Waals surface area contributed by atoms with Gasteiger partial charge in [-0.3, -0.25) is 0 Å². The van der Waals surface area contributed by atoms with E-state index in [4.69, 9.17) is 34.8 Å². The Labute approximate surface area is 131 Å². The highest BCUT2D eigenvalue weighted by Crippen LogP contribution is 2.31. The Kier molecular flexibility index (Phi) is 3.79. The molecule has 0 saturated heterocycles. The van der Waals surface area contributed by atoms with Crippen molar-refractivity contribution in [1.29, 1.82) is 0 Å². The number of aromatic amines is 1. The molecule has 0 radical (unpaired) electrons. The van der Waals surface area contributed by atoms with E-state index < -0.39 is 0 Å². The molecule has 5 heteroatoms. The zero-order valence-electron chi connectivity index (χ0n) is 10.4. The molecule has 0 aliphatic heterocycles. The van der Waals surface area contributed by atoms with Gasteiger partial charge in [0.05, 0.1) is 15.7 Å². The number of benzene rings is 2. The number of fused-ring (bicyclic) bond motifs is 1. The van der Waals surface area contributed by atoms with Crippen LogP contribution in [-0.4, -0.2) is 4.98 Å². The van der Waals surface area contributed by atoms with Crippen molar-refractivity contribution >= 4 is 51.4 Å². The Hall–Kier alpha value is -1.35. The second kappa shape index (κ2) is 5.57. The Morgan fingerprint density at radius 1 is 1.00 bits per heavy atom. The smallest absolute Gasteiger partial charge is 0.0721 e. The van der Waals surface area contributed by atoms with E-state index in [1.165, 1.54) is 0 Å². The fourth-order valence-corrected chi connectivity index (χ4v) is 2.86. The largest absolute Gasteiger partial charge is 0.378 e. The lowest BCUT2D eigenvalue weighted by atomic mass is 10.1. The summed E-state index contributed by atoms with van der Waals surface area (Å²) < 4.78 is 0. The molecule has 0 bridgehead atoms. The van der Waals surface area contributed by atoms with Gasteiger partial charge in [0.2, 0.25) is 0 Å². The highest BCUT2D eigenvalue weighted by molar-refractivity contribution is 6.39. The molecule has 0 atom stereocenters. The van der Waals surface area contributed by atoms with Crippen LogP contribution in [0.25, 0.3) is 10.9 Å². The van der Waals surface area contributed by atoms with Crippen LogP contribution in [0, 0.1) is 0 Å². The first-order valence-electron chi connectivity index (χ1n) is 6.08. The third kappa shape index (κ3) is 2.59. The first-order valence-corrected chi connectivity index (χ1v) is 7.22. The molecule has 0 aliphatic rings. The molecule has 0 spiro atoms. The fourth-order valence-electron chi connectivity index (χ4n) is 2.16. The normalized spacial score (nSPS) is 10.9.